The van der Waals surface area contributed by atoms with E-state index in [-0.39, 0.29) is 17.6 Å². The van der Waals surface area contributed by atoms with Gasteiger partial charge < -0.3 is 15.0 Å². The molecular formula is C29H23N7O3. The molecule has 0 saturated carbocycles. The summed E-state index contributed by atoms with van der Waals surface area (Å²) in [6.45, 7) is 1.96. The third kappa shape index (κ3) is 4.37. The Morgan fingerprint density at radius 3 is 2.59 bits per heavy atom. The Bertz CT molecular complexity index is 1930. The number of aromatic amines is 1. The van der Waals surface area contributed by atoms with E-state index >= 15 is 0 Å². The molecule has 10 nitrogen and oxygen atoms in total. The number of anilines is 1. The number of hydrogen-bond acceptors (Lipinski definition) is 8. The van der Waals surface area contributed by atoms with Gasteiger partial charge in [0, 0.05) is 35.5 Å². The summed E-state index contributed by atoms with van der Waals surface area (Å²) in [6, 6.07) is 20.5. The number of fused-ring (bicyclic) bond motifs is 2. The fourth-order valence-corrected chi connectivity index (χ4v) is 4.69. The summed E-state index contributed by atoms with van der Waals surface area (Å²) in [5.41, 5.74) is 3.32. The summed E-state index contributed by atoms with van der Waals surface area (Å²) in [5, 5.41) is 4.70. The molecule has 0 fully saturated rings. The number of aromatic nitrogens is 6. The van der Waals surface area contributed by atoms with E-state index in [2.05, 4.69) is 30.2 Å². The van der Waals surface area contributed by atoms with Crippen LogP contribution in [-0.2, 0) is 0 Å². The van der Waals surface area contributed by atoms with Crippen LogP contribution in [0.4, 0.5) is 5.82 Å². The van der Waals surface area contributed by atoms with E-state index in [9.17, 15) is 9.59 Å². The Kier molecular flexibility index (Phi) is 6.04. The molecule has 1 atom stereocenters. The van der Waals surface area contributed by atoms with Gasteiger partial charge in [-0.05, 0) is 48.2 Å². The minimum absolute atomic E-state index is 0.201. The SMILES string of the molecule is COc1nc(N[C@@H](C)c2cc3cccc(-c4cnc(=O)[nH]c4)c3c(=O)n2-c2ccccc2)c2ncccc2n1. The molecule has 0 spiro atoms. The molecule has 10 heteroatoms. The van der Waals surface area contributed by atoms with Crippen LogP contribution in [0.5, 0.6) is 6.01 Å². The van der Waals surface area contributed by atoms with Gasteiger partial charge in [-0.15, -0.1) is 0 Å². The lowest BCUT2D eigenvalue weighted by atomic mass is 9.99. The zero-order valence-electron chi connectivity index (χ0n) is 21.1. The average molecular weight is 518 g/mol. The minimum atomic E-state index is -0.453. The quantitative estimate of drug-likeness (QED) is 0.335. The fourth-order valence-electron chi connectivity index (χ4n) is 4.69. The minimum Gasteiger partial charge on any atom is -0.467 e. The molecule has 6 rings (SSSR count). The standard InChI is InChI=1S/C29H23N7O3/c1-17(33-26-25-22(12-7-13-30-25)34-29(35-26)39-2)23-14-18-8-6-11-21(19-15-31-28(38)32-16-19)24(18)27(37)36(23)20-9-4-3-5-10-20/h3-17H,1-2H3,(H,31,32,38)(H,33,34,35)/t17-/m0/s1. The molecule has 4 aromatic heterocycles. The summed E-state index contributed by atoms with van der Waals surface area (Å²) in [6.07, 6.45) is 4.71. The predicted molar refractivity (Wildman–Crippen MR) is 149 cm³/mol. The fraction of sp³-hybridized carbons (Fsp3) is 0.103. The van der Waals surface area contributed by atoms with Crippen molar-refractivity contribution in [2.45, 2.75) is 13.0 Å². The Balaban J connectivity index is 1.57. The molecular weight excluding hydrogens is 494 g/mol. The maximum absolute atomic E-state index is 14.3. The Labute approximate surface area is 222 Å². The normalized spacial score (nSPS) is 11.9. The molecule has 0 unspecified atom stereocenters. The summed E-state index contributed by atoms with van der Waals surface area (Å²) >= 11 is 0. The third-order valence-electron chi connectivity index (χ3n) is 6.49. The lowest BCUT2D eigenvalue weighted by Crippen LogP contribution is -2.26. The third-order valence-corrected chi connectivity index (χ3v) is 6.49. The molecule has 6 aromatic rings. The number of para-hydroxylation sites is 1. The molecule has 192 valence electrons. The smallest absolute Gasteiger partial charge is 0.344 e. The first kappa shape index (κ1) is 24.0. The number of H-pyrrole nitrogens is 1. The zero-order chi connectivity index (χ0) is 26.9. The van der Waals surface area contributed by atoms with Crippen molar-refractivity contribution >= 4 is 27.6 Å². The molecule has 0 aliphatic carbocycles. The molecule has 2 aromatic carbocycles. The van der Waals surface area contributed by atoms with Gasteiger partial charge in [0.15, 0.2) is 5.82 Å². The highest BCUT2D eigenvalue weighted by molar-refractivity contribution is 5.96. The van der Waals surface area contributed by atoms with E-state index in [1.807, 2.05) is 67.6 Å². The number of pyridine rings is 2. The van der Waals surface area contributed by atoms with Crippen molar-refractivity contribution in [1.29, 1.82) is 0 Å². The van der Waals surface area contributed by atoms with E-state index in [4.69, 9.17) is 4.74 Å². The largest absolute Gasteiger partial charge is 0.467 e. The van der Waals surface area contributed by atoms with Gasteiger partial charge in [-0.3, -0.25) is 14.3 Å². The van der Waals surface area contributed by atoms with Crippen molar-refractivity contribution < 1.29 is 4.74 Å². The van der Waals surface area contributed by atoms with Crippen LogP contribution in [0, 0.1) is 0 Å². The lowest BCUT2D eigenvalue weighted by molar-refractivity contribution is 0.382. The highest BCUT2D eigenvalue weighted by Gasteiger charge is 2.20. The van der Waals surface area contributed by atoms with Crippen molar-refractivity contribution in [3.8, 4) is 22.8 Å². The van der Waals surface area contributed by atoms with Crippen molar-refractivity contribution in [3.05, 3.63) is 112 Å². The topological polar surface area (TPSA) is 128 Å². The van der Waals surface area contributed by atoms with E-state index in [0.29, 0.717) is 39.1 Å². The summed E-state index contributed by atoms with van der Waals surface area (Å²) < 4.78 is 7.00. The second-order valence-electron chi connectivity index (χ2n) is 8.92. The number of rotatable bonds is 6. The van der Waals surface area contributed by atoms with Crippen LogP contribution in [-0.4, -0.2) is 36.6 Å². The van der Waals surface area contributed by atoms with Crippen LogP contribution >= 0.6 is 0 Å². The maximum atomic E-state index is 14.3. The number of hydrogen-bond donors (Lipinski definition) is 2. The first-order valence-corrected chi connectivity index (χ1v) is 12.3. The van der Waals surface area contributed by atoms with Gasteiger partial charge in [0.25, 0.3) is 5.56 Å². The monoisotopic (exact) mass is 517 g/mol. The highest BCUT2D eigenvalue weighted by Crippen LogP contribution is 2.30. The van der Waals surface area contributed by atoms with Crippen LogP contribution < -0.4 is 21.3 Å². The van der Waals surface area contributed by atoms with Gasteiger partial charge in [-0.1, -0.05) is 36.4 Å². The van der Waals surface area contributed by atoms with E-state index in [1.165, 1.54) is 13.3 Å². The first-order chi connectivity index (χ1) is 19.0. The lowest BCUT2D eigenvalue weighted by Gasteiger charge is -2.22. The van der Waals surface area contributed by atoms with Gasteiger partial charge in [-0.25, -0.2) is 9.78 Å². The van der Waals surface area contributed by atoms with Crippen molar-refractivity contribution in [1.82, 2.24) is 29.5 Å². The second-order valence-corrected chi connectivity index (χ2v) is 8.92. The molecule has 0 radical (unpaired) electrons. The number of nitrogens with zero attached hydrogens (tertiary/aromatic N) is 5. The molecule has 39 heavy (non-hydrogen) atoms. The number of benzene rings is 2. The number of methoxy groups -OCH3 is 1. The molecule has 4 heterocycles. The molecule has 0 aliphatic heterocycles. The first-order valence-electron chi connectivity index (χ1n) is 12.3. The highest BCUT2D eigenvalue weighted by atomic mass is 16.5. The van der Waals surface area contributed by atoms with Gasteiger partial charge in [0.2, 0.25) is 0 Å². The summed E-state index contributed by atoms with van der Waals surface area (Å²) in [7, 11) is 1.51. The predicted octanol–water partition coefficient (Wildman–Crippen LogP) is 4.26. The second kappa shape index (κ2) is 9.82. The van der Waals surface area contributed by atoms with Crippen molar-refractivity contribution in [2.24, 2.45) is 0 Å². The van der Waals surface area contributed by atoms with Crippen LogP contribution in [0.15, 0.2) is 94.9 Å². The number of ether oxygens (including phenoxy) is 1. The van der Waals surface area contributed by atoms with Gasteiger partial charge in [0.05, 0.1) is 24.1 Å². The molecule has 0 aliphatic rings. The van der Waals surface area contributed by atoms with Crippen LogP contribution in [0.2, 0.25) is 0 Å². The summed E-state index contributed by atoms with van der Waals surface area (Å²) in [5.74, 6) is 0.491. The maximum Gasteiger partial charge on any atom is 0.344 e. The molecule has 0 amide bonds. The van der Waals surface area contributed by atoms with E-state index in [1.54, 1.807) is 23.0 Å². The van der Waals surface area contributed by atoms with E-state index in [0.717, 1.165) is 11.1 Å². The number of nitrogens with one attached hydrogen (secondary N) is 2. The Morgan fingerprint density at radius 2 is 1.82 bits per heavy atom. The average Bonchev–Trinajstić information content (AvgIpc) is 2.97. The van der Waals surface area contributed by atoms with Gasteiger partial charge in [-0.2, -0.15) is 9.97 Å². The van der Waals surface area contributed by atoms with Gasteiger partial charge >= 0.3 is 11.7 Å². The van der Waals surface area contributed by atoms with Crippen LogP contribution in [0.1, 0.15) is 18.7 Å². The van der Waals surface area contributed by atoms with Gasteiger partial charge in [0.1, 0.15) is 5.52 Å². The summed E-state index contributed by atoms with van der Waals surface area (Å²) in [4.78, 5) is 45.6. The molecule has 2 N–H and O–H groups in total. The Morgan fingerprint density at radius 1 is 0.974 bits per heavy atom. The van der Waals surface area contributed by atoms with Crippen molar-refractivity contribution in [3.63, 3.8) is 0 Å². The van der Waals surface area contributed by atoms with Crippen molar-refractivity contribution in [2.75, 3.05) is 12.4 Å². The van der Waals surface area contributed by atoms with Crippen LogP contribution in [0.25, 0.3) is 38.6 Å². The van der Waals surface area contributed by atoms with Crippen LogP contribution in [0.3, 0.4) is 0 Å². The van der Waals surface area contributed by atoms with E-state index < -0.39 is 5.69 Å². The zero-order valence-corrected chi connectivity index (χ0v) is 21.1. The molecule has 0 saturated heterocycles. The Hall–Kier alpha value is -5.38. The molecule has 0 bridgehead atoms.